The van der Waals surface area contributed by atoms with Crippen LogP contribution in [0.15, 0.2) is 73.2 Å². The largest absolute Gasteiger partial charge is 0.342 e. The smallest absolute Gasteiger partial charge is 0.248 e. The lowest BCUT2D eigenvalue weighted by molar-refractivity contribution is -0.119. The van der Waals surface area contributed by atoms with Gasteiger partial charge in [-0.05, 0) is 29.8 Å². The van der Waals surface area contributed by atoms with Gasteiger partial charge < -0.3 is 9.88 Å². The van der Waals surface area contributed by atoms with E-state index in [4.69, 9.17) is 11.6 Å². The van der Waals surface area contributed by atoms with Crippen LogP contribution in [0.5, 0.6) is 0 Å². The van der Waals surface area contributed by atoms with E-state index in [0.717, 1.165) is 5.56 Å². The number of carbonyl (C=O) groups is 1. The normalized spacial score (nSPS) is 11.9. The number of halogens is 1. The van der Waals surface area contributed by atoms with E-state index in [-0.39, 0.29) is 11.9 Å². The lowest BCUT2D eigenvalue weighted by Crippen LogP contribution is -2.27. The molecule has 1 amide bonds. The Morgan fingerprint density at radius 3 is 2.48 bits per heavy atom. The number of benzene rings is 1. The third-order valence-corrected chi connectivity index (χ3v) is 3.76. The van der Waals surface area contributed by atoms with E-state index >= 15 is 0 Å². The van der Waals surface area contributed by atoms with E-state index in [0.29, 0.717) is 17.3 Å². The first kappa shape index (κ1) is 15.3. The predicted octanol–water partition coefficient (Wildman–Crippen LogP) is 3.96. The summed E-state index contributed by atoms with van der Waals surface area (Å²) >= 11 is 5.82. The quantitative estimate of drug-likeness (QED) is 0.772. The van der Waals surface area contributed by atoms with Gasteiger partial charge in [0, 0.05) is 25.0 Å². The van der Waals surface area contributed by atoms with Crippen molar-refractivity contribution in [2.75, 3.05) is 5.32 Å². The number of nitrogens with one attached hydrogen (secondary N) is 1. The fourth-order valence-corrected chi connectivity index (χ4v) is 2.50. The Hall–Kier alpha value is -2.59. The minimum Gasteiger partial charge on any atom is -0.342 e. The van der Waals surface area contributed by atoms with Crippen LogP contribution in [0.2, 0.25) is 5.02 Å². The van der Waals surface area contributed by atoms with Crippen LogP contribution in [0.4, 0.5) is 5.82 Å². The summed E-state index contributed by atoms with van der Waals surface area (Å²) in [5.41, 5.74) is 1.10. The molecule has 2 heterocycles. The Bertz CT molecular complexity index is 755. The summed E-state index contributed by atoms with van der Waals surface area (Å²) < 4.78 is 1.90. The fourth-order valence-electron chi connectivity index (χ4n) is 2.39. The van der Waals surface area contributed by atoms with Gasteiger partial charge in [0.05, 0.1) is 5.02 Å². The molecule has 0 aliphatic rings. The first-order valence-electron chi connectivity index (χ1n) is 7.31. The third-order valence-electron chi connectivity index (χ3n) is 3.54. The molecule has 5 heteroatoms. The van der Waals surface area contributed by atoms with Crippen molar-refractivity contribution in [3.63, 3.8) is 0 Å². The van der Waals surface area contributed by atoms with Crippen molar-refractivity contribution < 1.29 is 4.79 Å². The number of anilines is 1. The number of hydrogen-bond donors (Lipinski definition) is 1. The maximum atomic E-state index is 12.7. The minimum absolute atomic E-state index is 0.111. The molecule has 2 aromatic heterocycles. The molecule has 3 aromatic rings. The van der Waals surface area contributed by atoms with E-state index in [2.05, 4.69) is 10.3 Å². The van der Waals surface area contributed by atoms with E-state index < -0.39 is 0 Å². The summed E-state index contributed by atoms with van der Waals surface area (Å²) in [5, 5.41) is 3.38. The van der Waals surface area contributed by atoms with Gasteiger partial charge in [-0.15, -0.1) is 0 Å². The van der Waals surface area contributed by atoms with E-state index in [1.165, 1.54) is 6.20 Å². The molecule has 0 saturated carbocycles. The highest BCUT2D eigenvalue weighted by atomic mass is 35.5. The number of amides is 1. The second kappa shape index (κ2) is 7.11. The fraction of sp³-hybridized carbons (Fsp3) is 0.111. The SMILES string of the molecule is O=C(Nc1ccc(Cl)cn1)C(Cc1ccccc1)n1cccc1. The molecular weight excluding hydrogens is 310 g/mol. The van der Waals surface area contributed by atoms with Gasteiger partial charge in [-0.3, -0.25) is 4.79 Å². The van der Waals surface area contributed by atoms with Gasteiger partial charge in [-0.1, -0.05) is 41.9 Å². The molecule has 0 saturated heterocycles. The second-order valence-electron chi connectivity index (χ2n) is 5.19. The molecular formula is C18H16ClN3O. The Morgan fingerprint density at radius 2 is 1.83 bits per heavy atom. The standard InChI is InChI=1S/C18H16ClN3O/c19-15-8-9-17(20-13-15)21-18(23)16(22-10-4-5-11-22)12-14-6-2-1-3-7-14/h1-11,13,16H,12H2,(H,20,21,23). The van der Waals surface area contributed by atoms with Crippen molar-refractivity contribution in [2.45, 2.75) is 12.5 Å². The first-order valence-corrected chi connectivity index (χ1v) is 7.69. The molecule has 0 radical (unpaired) electrons. The lowest BCUT2D eigenvalue weighted by Gasteiger charge is -2.18. The highest BCUT2D eigenvalue weighted by molar-refractivity contribution is 6.30. The van der Waals surface area contributed by atoms with Crippen molar-refractivity contribution in [1.82, 2.24) is 9.55 Å². The summed E-state index contributed by atoms with van der Waals surface area (Å²) in [6, 6.07) is 16.8. The van der Waals surface area contributed by atoms with Crippen molar-refractivity contribution >= 4 is 23.3 Å². The molecule has 1 N–H and O–H groups in total. The second-order valence-corrected chi connectivity index (χ2v) is 5.62. The molecule has 23 heavy (non-hydrogen) atoms. The van der Waals surface area contributed by atoms with Gasteiger partial charge in [-0.25, -0.2) is 4.98 Å². The molecule has 1 unspecified atom stereocenters. The Labute approximate surface area is 139 Å². The highest BCUT2D eigenvalue weighted by Gasteiger charge is 2.20. The first-order chi connectivity index (χ1) is 11.2. The zero-order valence-electron chi connectivity index (χ0n) is 12.4. The van der Waals surface area contributed by atoms with Crippen molar-refractivity contribution in [3.8, 4) is 0 Å². The van der Waals surface area contributed by atoms with Gasteiger partial charge in [0.25, 0.3) is 0 Å². The number of rotatable bonds is 5. The van der Waals surface area contributed by atoms with Gasteiger partial charge in [0.15, 0.2) is 0 Å². The average Bonchev–Trinajstić information content (AvgIpc) is 3.10. The lowest BCUT2D eigenvalue weighted by atomic mass is 10.1. The molecule has 4 nitrogen and oxygen atoms in total. The third kappa shape index (κ3) is 3.99. The summed E-state index contributed by atoms with van der Waals surface area (Å²) in [5.74, 6) is 0.379. The number of pyridine rings is 1. The molecule has 0 bridgehead atoms. The molecule has 1 atom stereocenters. The van der Waals surface area contributed by atoms with Crippen molar-refractivity contribution in [2.24, 2.45) is 0 Å². The molecule has 0 aliphatic carbocycles. The van der Waals surface area contributed by atoms with Crippen molar-refractivity contribution in [1.29, 1.82) is 0 Å². The molecule has 0 fully saturated rings. The maximum absolute atomic E-state index is 12.7. The van der Waals surface area contributed by atoms with Crippen LogP contribution in [0.25, 0.3) is 0 Å². The van der Waals surface area contributed by atoms with E-state index in [9.17, 15) is 4.79 Å². The summed E-state index contributed by atoms with van der Waals surface area (Å²) in [6.07, 6.45) is 5.90. The van der Waals surface area contributed by atoms with Crippen LogP contribution >= 0.6 is 11.6 Å². The van der Waals surface area contributed by atoms with Gasteiger partial charge in [-0.2, -0.15) is 0 Å². The van der Waals surface area contributed by atoms with Gasteiger partial charge >= 0.3 is 0 Å². The average molecular weight is 326 g/mol. The summed E-state index contributed by atoms with van der Waals surface area (Å²) in [7, 11) is 0. The molecule has 3 rings (SSSR count). The number of nitrogens with zero attached hydrogens (tertiary/aromatic N) is 2. The zero-order chi connectivity index (χ0) is 16.1. The molecule has 0 aliphatic heterocycles. The van der Waals surface area contributed by atoms with Crippen LogP contribution in [0.3, 0.4) is 0 Å². The van der Waals surface area contributed by atoms with Crippen LogP contribution in [0.1, 0.15) is 11.6 Å². The van der Waals surface area contributed by atoms with Gasteiger partial charge in [0.1, 0.15) is 11.9 Å². The molecule has 1 aromatic carbocycles. The van der Waals surface area contributed by atoms with Gasteiger partial charge in [0.2, 0.25) is 5.91 Å². The number of carbonyl (C=O) groups excluding carboxylic acids is 1. The Kier molecular flexibility index (Phi) is 4.74. The maximum Gasteiger partial charge on any atom is 0.248 e. The topological polar surface area (TPSA) is 46.9 Å². The predicted molar refractivity (Wildman–Crippen MR) is 91.5 cm³/mol. The molecule has 116 valence electrons. The van der Waals surface area contributed by atoms with Crippen LogP contribution in [-0.4, -0.2) is 15.5 Å². The Morgan fingerprint density at radius 1 is 1.09 bits per heavy atom. The summed E-state index contributed by atoms with van der Waals surface area (Å²) in [4.78, 5) is 16.8. The molecule has 0 spiro atoms. The van der Waals surface area contributed by atoms with Crippen LogP contribution in [-0.2, 0) is 11.2 Å². The van der Waals surface area contributed by atoms with Crippen molar-refractivity contribution in [3.05, 3.63) is 83.8 Å². The van der Waals surface area contributed by atoms with E-state index in [1.54, 1.807) is 12.1 Å². The zero-order valence-corrected chi connectivity index (χ0v) is 13.1. The monoisotopic (exact) mass is 325 g/mol. The Balaban J connectivity index is 1.80. The minimum atomic E-state index is -0.343. The van der Waals surface area contributed by atoms with E-state index in [1.807, 2.05) is 59.4 Å². The highest BCUT2D eigenvalue weighted by Crippen LogP contribution is 2.18. The summed E-state index contributed by atoms with van der Waals surface area (Å²) in [6.45, 7) is 0. The van der Waals surface area contributed by atoms with Crippen LogP contribution < -0.4 is 5.32 Å². The number of aromatic nitrogens is 2. The number of hydrogen-bond acceptors (Lipinski definition) is 2. The van der Waals surface area contributed by atoms with Crippen LogP contribution in [0, 0.1) is 0 Å².